The Hall–Kier alpha value is -0.810. The third kappa shape index (κ3) is 3.64. The molecule has 0 aromatic rings. The third-order valence-electron chi connectivity index (χ3n) is 3.10. The van der Waals surface area contributed by atoms with Crippen LogP contribution in [0.15, 0.2) is 0 Å². The van der Waals surface area contributed by atoms with Crippen molar-refractivity contribution >= 4 is 6.09 Å². The molecule has 5 heteroatoms. The lowest BCUT2D eigenvalue weighted by atomic mass is 9.77. The molecular weight excluding hydrogens is 206 g/mol. The third-order valence-corrected chi connectivity index (χ3v) is 3.10. The van der Waals surface area contributed by atoms with Crippen molar-refractivity contribution in [2.75, 3.05) is 13.1 Å². The number of hydrazine groups is 1. The standard InChI is InChI=1S/C11H23N3O2/c1-11(2,3)9(16-10(12)15)8-4-6-14(13)7-5-8/h8-9H,4-7,13H2,1-3H3,(H2,12,15). The number of rotatable bonds is 2. The van der Waals surface area contributed by atoms with Gasteiger partial charge in [0.2, 0.25) is 0 Å². The van der Waals surface area contributed by atoms with Gasteiger partial charge in [-0.2, -0.15) is 0 Å². The summed E-state index contributed by atoms with van der Waals surface area (Å²) in [5.74, 6) is 6.06. The first-order valence-corrected chi connectivity index (χ1v) is 5.76. The lowest BCUT2D eigenvalue weighted by Gasteiger charge is -2.39. The molecule has 1 saturated heterocycles. The van der Waals surface area contributed by atoms with Crippen LogP contribution in [-0.4, -0.2) is 30.3 Å². The Morgan fingerprint density at radius 1 is 1.38 bits per heavy atom. The van der Waals surface area contributed by atoms with Gasteiger partial charge in [0.15, 0.2) is 0 Å². The van der Waals surface area contributed by atoms with Gasteiger partial charge in [-0.3, -0.25) is 5.84 Å². The highest BCUT2D eigenvalue weighted by molar-refractivity contribution is 5.64. The van der Waals surface area contributed by atoms with E-state index in [-0.39, 0.29) is 11.5 Å². The van der Waals surface area contributed by atoms with E-state index in [1.807, 2.05) is 0 Å². The van der Waals surface area contributed by atoms with Gasteiger partial charge in [-0.05, 0) is 24.2 Å². The number of carbonyl (C=O) groups is 1. The molecule has 0 spiro atoms. The minimum atomic E-state index is -0.685. The van der Waals surface area contributed by atoms with Crippen LogP contribution in [-0.2, 0) is 4.74 Å². The summed E-state index contributed by atoms with van der Waals surface area (Å²) in [7, 11) is 0. The summed E-state index contributed by atoms with van der Waals surface area (Å²) in [6, 6.07) is 0. The molecule has 1 amide bonds. The summed E-state index contributed by atoms with van der Waals surface area (Å²) >= 11 is 0. The molecule has 0 saturated carbocycles. The number of carbonyl (C=O) groups excluding carboxylic acids is 1. The lowest BCUT2D eigenvalue weighted by molar-refractivity contribution is -0.0238. The minimum absolute atomic E-state index is 0.0868. The molecular formula is C11H23N3O2. The van der Waals surface area contributed by atoms with Crippen LogP contribution in [0.25, 0.3) is 0 Å². The predicted octanol–water partition coefficient (Wildman–Crippen LogP) is 1.08. The fourth-order valence-corrected chi connectivity index (χ4v) is 2.33. The van der Waals surface area contributed by atoms with Gasteiger partial charge in [0.1, 0.15) is 6.10 Å². The molecule has 1 rings (SSSR count). The van der Waals surface area contributed by atoms with E-state index in [4.69, 9.17) is 16.3 Å². The molecule has 0 aliphatic carbocycles. The smallest absolute Gasteiger partial charge is 0.404 e. The van der Waals surface area contributed by atoms with E-state index in [1.54, 1.807) is 5.01 Å². The first-order chi connectivity index (χ1) is 7.30. The van der Waals surface area contributed by atoms with Crippen molar-refractivity contribution in [2.24, 2.45) is 22.9 Å². The van der Waals surface area contributed by atoms with Gasteiger partial charge in [-0.1, -0.05) is 20.8 Å². The van der Waals surface area contributed by atoms with Gasteiger partial charge in [0.05, 0.1) is 0 Å². The van der Waals surface area contributed by atoms with Crippen molar-refractivity contribution in [2.45, 2.75) is 39.7 Å². The zero-order valence-electron chi connectivity index (χ0n) is 10.4. The first kappa shape index (κ1) is 13.3. The summed E-state index contributed by atoms with van der Waals surface area (Å²) in [6.45, 7) is 7.89. The van der Waals surface area contributed by atoms with E-state index in [1.165, 1.54) is 0 Å². The van der Waals surface area contributed by atoms with Gasteiger partial charge in [-0.25, -0.2) is 9.80 Å². The van der Waals surface area contributed by atoms with E-state index in [0.717, 1.165) is 25.9 Å². The van der Waals surface area contributed by atoms with Gasteiger partial charge in [0.25, 0.3) is 0 Å². The highest BCUT2D eigenvalue weighted by Gasteiger charge is 2.36. The van der Waals surface area contributed by atoms with E-state index < -0.39 is 6.09 Å². The van der Waals surface area contributed by atoms with Gasteiger partial charge < -0.3 is 10.5 Å². The lowest BCUT2D eigenvalue weighted by Crippen LogP contribution is -2.46. The summed E-state index contributed by atoms with van der Waals surface area (Å²) in [4.78, 5) is 10.9. The van der Waals surface area contributed by atoms with Crippen molar-refractivity contribution in [3.63, 3.8) is 0 Å². The van der Waals surface area contributed by atoms with E-state index in [9.17, 15) is 4.79 Å². The molecule has 1 heterocycles. The molecule has 0 radical (unpaired) electrons. The highest BCUT2D eigenvalue weighted by atomic mass is 16.6. The number of ether oxygens (including phenoxy) is 1. The zero-order valence-corrected chi connectivity index (χ0v) is 10.4. The largest absolute Gasteiger partial charge is 0.446 e. The number of nitrogens with two attached hydrogens (primary N) is 2. The molecule has 0 aromatic carbocycles. The molecule has 94 valence electrons. The Balaban J connectivity index is 2.65. The number of amides is 1. The molecule has 0 bridgehead atoms. The van der Waals surface area contributed by atoms with E-state index in [0.29, 0.717) is 5.92 Å². The number of piperidine rings is 1. The quantitative estimate of drug-likeness (QED) is 0.694. The van der Waals surface area contributed by atoms with E-state index >= 15 is 0 Å². The van der Waals surface area contributed by atoms with Gasteiger partial charge in [-0.15, -0.1) is 0 Å². The van der Waals surface area contributed by atoms with Crippen molar-refractivity contribution in [1.29, 1.82) is 0 Å². The van der Waals surface area contributed by atoms with Crippen molar-refractivity contribution in [3.05, 3.63) is 0 Å². The van der Waals surface area contributed by atoms with Crippen LogP contribution < -0.4 is 11.6 Å². The van der Waals surface area contributed by atoms with Crippen LogP contribution in [0.2, 0.25) is 0 Å². The molecule has 1 aliphatic rings. The maximum Gasteiger partial charge on any atom is 0.404 e. The topological polar surface area (TPSA) is 81.6 Å². The molecule has 0 aromatic heterocycles. The van der Waals surface area contributed by atoms with Crippen molar-refractivity contribution in [1.82, 2.24) is 5.01 Å². The fraction of sp³-hybridized carbons (Fsp3) is 0.909. The van der Waals surface area contributed by atoms with Crippen LogP contribution in [0.1, 0.15) is 33.6 Å². The van der Waals surface area contributed by atoms with Crippen molar-refractivity contribution in [3.8, 4) is 0 Å². The SMILES string of the molecule is CC(C)(C)C(OC(N)=O)C1CCN(N)CC1. The Morgan fingerprint density at radius 3 is 2.25 bits per heavy atom. The van der Waals surface area contributed by atoms with Crippen LogP contribution in [0, 0.1) is 11.3 Å². The molecule has 4 N–H and O–H groups in total. The van der Waals surface area contributed by atoms with Crippen LogP contribution >= 0.6 is 0 Å². The number of hydrogen-bond donors (Lipinski definition) is 2. The molecule has 1 atom stereocenters. The Morgan fingerprint density at radius 2 is 1.88 bits per heavy atom. The van der Waals surface area contributed by atoms with Crippen LogP contribution in [0.3, 0.4) is 0 Å². The Kier molecular flexibility index (Phi) is 4.15. The second-order valence-corrected chi connectivity index (χ2v) is 5.60. The number of hydrogen-bond acceptors (Lipinski definition) is 4. The molecule has 1 fully saturated rings. The zero-order chi connectivity index (χ0) is 12.3. The van der Waals surface area contributed by atoms with Gasteiger partial charge in [0, 0.05) is 13.1 Å². The Labute approximate surface area is 97.1 Å². The molecule has 5 nitrogen and oxygen atoms in total. The molecule has 1 unspecified atom stereocenters. The van der Waals surface area contributed by atoms with Crippen molar-refractivity contribution < 1.29 is 9.53 Å². The summed E-state index contributed by atoms with van der Waals surface area (Å²) in [6.07, 6.45) is 1.09. The monoisotopic (exact) mass is 229 g/mol. The minimum Gasteiger partial charge on any atom is -0.446 e. The second kappa shape index (κ2) is 5.01. The van der Waals surface area contributed by atoms with Gasteiger partial charge >= 0.3 is 6.09 Å². The number of primary amides is 1. The van der Waals surface area contributed by atoms with Crippen LogP contribution in [0.4, 0.5) is 4.79 Å². The molecule has 1 aliphatic heterocycles. The maximum atomic E-state index is 10.9. The van der Waals surface area contributed by atoms with E-state index in [2.05, 4.69) is 20.8 Å². The number of nitrogens with zero attached hydrogens (tertiary/aromatic N) is 1. The van der Waals surface area contributed by atoms with Crippen LogP contribution in [0.5, 0.6) is 0 Å². The average molecular weight is 229 g/mol. The predicted molar refractivity (Wildman–Crippen MR) is 62.4 cm³/mol. The fourth-order valence-electron chi connectivity index (χ4n) is 2.33. The first-order valence-electron chi connectivity index (χ1n) is 5.76. The summed E-state index contributed by atoms with van der Waals surface area (Å²) in [5.41, 5.74) is 5.04. The second-order valence-electron chi connectivity index (χ2n) is 5.60. The normalized spacial score (nSPS) is 21.8. The summed E-state index contributed by atoms with van der Waals surface area (Å²) in [5, 5.41) is 1.81. The average Bonchev–Trinajstić information content (AvgIpc) is 2.14. The highest BCUT2D eigenvalue weighted by Crippen LogP contribution is 2.33. The maximum absolute atomic E-state index is 10.9. The Bertz CT molecular complexity index is 242. The molecule has 16 heavy (non-hydrogen) atoms. The summed E-state index contributed by atoms with van der Waals surface area (Å²) < 4.78 is 5.27.